The molecular formula is C12H23NO3. The predicted octanol–water partition coefficient (Wildman–Crippen LogP) is 1.97. The Morgan fingerprint density at radius 2 is 2.19 bits per heavy atom. The van der Waals surface area contributed by atoms with Crippen molar-refractivity contribution in [3.8, 4) is 0 Å². The quantitative estimate of drug-likeness (QED) is 0.572. The molecule has 0 aliphatic heterocycles. The lowest BCUT2D eigenvalue weighted by Gasteiger charge is -2.36. The Bertz CT molecular complexity index is 230. The van der Waals surface area contributed by atoms with E-state index in [1.165, 1.54) is 12.8 Å². The van der Waals surface area contributed by atoms with Crippen LogP contribution in [0.15, 0.2) is 0 Å². The number of hydrogen-bond donors (Lipinski definition) is 2. The minimum absolute atomic E-state index is 0.0445. The van der Waals surface area contributed by atoms with E-state index < -0.39 is 5.91 Å². The number of hydrogen-bond acceptors (Lipinski definition) is 3. The molecule has 2 N–H and O–H groups in total. The number of amides is 1. The number of nitrogens with one attached hydrogen (secondary N) is 1. The van der Waals surface area contributed by atoms with Crippen molar-refractivity contribution in [1.29, 1.82) is 0 Å². The van der Waals surface area contributed by atoms with Crippen LogP contribution in [-0.2, 0) is 9.53 Å². The molecule has 0 aromatic carbocycles. The Morgan fingerprint density at radius 3 is 2.75 bits per heavy atom. The zero-order chi connectivity index (χ0) is 12.1. The molecular weight excluding hydrogens is 206 g/mol. The number of carbonyl (C=O) groups excluding carboxylic acids is 1. The monoisotopic (exact) mass is 229 g/mol. The van der Waals surface area contributed by atoms with E-state index in [1.807, 2.05) is 0 Å². The molecule has 0 aromatic heterocycles. The van der Waals surface area contributed by atoms with E-state index in [0.29, 0.717) is 17.8 Å². The number of hydroxylamine groups is 1. The highest BCUT2D eigenvalue weighted by Crippen LogP contribution is 2.35. The lowest BCUT2D eigenvalue weighted by molar-refractivity contribution is -0.139. The van der Waals surface area contributed by atoms with Gasteiger partial charge in [0.25, 0.3) is 5.91 Å². The molecule has 1 saturated carbocycles. The van der Waals surface area contributed by atoms with Gasteiger partial charge in [0.1, 0.15) is 6.61 Å². The van der Waals surface area contributed by atoms with Gasteiger partial charge in [-0.15, -0.1) is 0 Å². The van der Waals surface area contributed by atoms with Gasteiger partial charge in [0.15, 0.2) is 0 Å². The van der Waals surface area contributed by atoms with Crippen molar-refractivity contribution in [1.82, 2.24) is 5.48 Å². The fourth-order valence-corrected chi connectivity index (χ4v) is 2.52. The van der Waals surface area contributed by atoms with E-state index in [4.69, 9.17) is 9.94 Å². The molecule has 0 heterocycles. The van der Waals surface area contributed by atoms with Gasteiger partial charge in [0, 0.05) is 0 Å². The lowest BCUT2D eigenvalue weighted by atomic mass is 9.75. The summed E-state index contributed by atoms with van der Waals surface area (Å²) in [6.45, 7) is 6.57. The minimum atomic E-state index is -0.472. The van der Waals surface area contributed by atoms with Crippen LogP contribution in [0.5, 0.6) is 0 Å². The molecule has 0 aromatic rings. The van der Waals surface area contributed by atoms with Gasteiger partial charge in [0.05, 0.1) is 6.10 Å². The highest BCUT2D eigenvalue weighted by molar-refractivity contribution is 5.75. The van der Waals surface area contributed by atoms with Gasteiger partial charge in [-0.05, 0) is 30.6 Å². The summed E-state index contributed by atoms with van der Waals surface area (Å²) in [5, 5.41) is 8.41. The molecule has 4 heteroatoms. The van der Waals surface area contributed by atoms with Crippen LogP contribution in [0.25, 0.3) is 0 Å². The molecule has 0 saturated heterocycles. The molecule has 3 atom stereocenters. The maximum absolute atomic E-state index is 10.9. The zero-order valence-corrected chi connectivity index (χ0v) is 10.4. The highest BCUT2D eigenvalue weighted by Gasteiger charge is 2.31. The van der Waals surface area contributed by atoms with Crippen LogP contribution in [0.2, 0.25) is 0 Å². The fourth-order valence-electron chi connectivity index (χ4n) is 2.52. The Morgan fingerprint density at radius 1 is 1.50 bits per heavy atom. The smallest absolute Gasteiger partial charge is 0.269 e. The third kappa shape index (κ3) is 3.76. The average Bonchev–Trinajstić information content (AvgIpc) is 2.25. The van der Waals surface area contributed by atoms with Gasteiger partial charge >= 0.3 is 0 Å². The molecule has 0 spiro atoms. The molecule has 94 valence electrons. The Hall–Kier alpha value is -0.610. The summed E-state index contributed by atoms with van der Waals surface area (Å²) in [7, 11) is 0. The van der Waals surface area contributed by atoms with Crippen molar-refractivity contribution in [3.63, 3.8) is 0 Å². The summed E-state index contributed by atoms with van der Waals surface area (Å²) >= 11 is 0. The SMILES string of the molecule is CC(C)[C@@H]1CC[C@@H](C)C[C@H]1OCC(=O)NO. The van der Waals surface area contributed by atoms with Crippen LogP contribution < -0.4 is 5.48 Å². The van der Waals surface area contributed by atoms with Crippen LogP contribution in [-0.4, -0.2) is 23.8 Å². The van der Waals surface area contributed by atoms with Crippen LogP contribution in [0.3, 0.4) is 0 Å². The van der Waals surface area contributed by atoms with Crippen molar-refractivity contribution in [2.45, 2.75) is 46.1 Å². The predicted molar refractivity (Wildman–Crippen MR) is 61.0 cm³/mol. The van der Waals surface area contributed by atoms with Crippen LogP contribution in [0.1, 0.15) is 40.0 Å². The van der Waals surface area contributed by atoms with Crippen molar-refractivity contribution >= 4 is 5.91 Å². The zero-order valence-electron chi connectivity index (χ0n) is 10.4. The number of carbonyl (C=O) groups is 1. The summed E-state index contributed by atoms with van der Waals surface area (Å²) in [6, 6.07) is 0. The third-order valence-electron chi connectivity index (χ3n) is 3.51. The molecule has 0 radical (unpaired) electrons. The van der Waals surface area contributed by atoms with Gasteiger partial charge in [0.2, 0.25) is 0 Å². The summed E-state index contributed by atoms with van der Waals surface area (Å²) in [5.41, 5.74) is 1.60. The molecule has 1 rings (SSSR count). The largest absolute Gasteiger partial charge is 0.368 e. The third-order valence-corrected chi connectivity index (χ3v) is 3.51. The molecule has 1 aliphatic carbocycles. The first-order valence-corrected chi connectivity index (χ1v) is 6.09. The Balaban J connectivity index is 2.47. The molecule has 0 unspecified atom stereocenters. The fraction of sp³-hybridized carbons (Fsp3) is 0.917. The number of ether oxygens (including phenoxy) is 1. The maximum atomic E-state index is 10.9. The van der Waals surface area contributed by atoms with Gasteiger partial charge in [-0.3, -0.25) is 10.0 Å². The van der Waals surface area contributed by atoms with E-state index in [0.717, 1.165) is 6.42 Å². The summed E-state index contributed by atoms with van der Waals surface area (Å²) in [5.74, 6) is 1.30. The molecule has 1 amide bonds. The first-order valence-electron chi connectivity index (χ1n) is 6.09. The number of rotatable bonds is 4. The standard InChI is InChI=1S/C12H23NO3/c1-8(2)10-5-4-9(3)6-11(10)16-7-12(14)13-15/h8-11,15H,4-7H2,1-3H3,(H,13,14)/t9-,10+,11-/m1/s1. The lowest BCUT2D eigenvalue weighted by Crippen LogP contribution is -2.37. The maximum Gasteiger partial charge on any atom is 0.269 e. The summed E-state index contributed by atoms with van der Waals surface area (Å²) in [6.07, 6.45) is 3.59. The van der Waals surface area contributed by atoms with Crippen LogP contribution in [0, 0.1) is 17.8 Å². The van der Waals surface area contributed by atoms with Crippen molar-refractivity contribution in [2.75, 3.05) is 6.61 Å². The Labute approximate surface area is 97.3 Å². The molecule has 1 fully saturated rings. The van der Waals surface area contributed by atoms with Crippen molar-refractivity contribution in [3.05, 3.63) is 0 Å². The van der Waals surface area contributed by atoms with Gasteiger partial charge in [-0.2, -0.15) is 0 Å². The molecule has 0 bridgehead atoms. The average molecular weight is 229 g/mol. The van der Waals surface area contributed by atoms with Crippen LogP contribution >= 0.6 is 0 Å². The first kappa shape index (κ1) is 13.5. The summed E-state index contributed by atoms with van der Waals surface area (Å²) in [4.78, 5) is 10.9. The van der Waals surface area contributed by atoms with Gasteiger partial charge in [-0.1, -0.05) is 27.2 Å². The van der Waals surface area contributed by atoms with Crippen molar-refractivity contribution in [2.24, 2.45) is 17.8 Å². The van der Waals surface area contributed by atoms with E-state index in [2.05, 4.69) is 20.8 Å². The van der Waals surface area contributed by atoms with E-state index in [-0.39, 0.29) is 12.7 Å². The van der Waals surface area contributed by atoms with Gasteiger partial charge in [-0.25, -0.2) is 5.48 Å². The first-order chi connectivity index (χ1) is 7.54. The van der Waals surface area contributed by atoms with E-state index in [9.17, 15) is 4.79 Å². The van der Waals surface area contributed by atoms with E-state index in [1.54, 1.807) is 5.48 Å². The van der Waals surface area contributed by atoms with Crippen molar-refractivity contribution < 1.29 is 14.7 Å². The second-order valence-electron chi connectivity index (χ2n) is 5.21. The van der Waals surface area contributed by atoms with E-state index >= 15 is 0 Å². The topological polar surface area (TPSA) is 58.6 Å². The molecule has 16 heavy (non-hydrogen) atoms. The molecule has 1 aliphatic rings. The highest BCUT2D eigenvalue weighted by atomic mass is 16.5. The normalized spacial score (nSPS) is 30.4. The van der Waals surface area contributed by atoms with Crippen LogP contribution in [0.4, 0.5) is 0 Å². The molecule has 4 nitrogen and oxygen atoms in total. The van der Waals surface area contributed by atoms with Gasteiger partial charge < -0.3 is 4.74 Å². The Kier molecular flexibility index (Phi) is 5.22. The second-order valence-corrected chi connectivity index (χ2v) is 5.21. The second kappa shape index (κ2) is 6.21. The minimum Gasteiger partial charge on any atom is -0.368 e. The summed E-state index contributed by atoms with van der Waals surface area (Å²) < 4.78 is 5.61.